The van der Waals surface area contributed by atoms with E-state index in [1.165, 1.54) is 0 Å². The lowest BCUT2D eigenvalue weighted by Crippen LogP contribution is -2.52. The fraction of sp³-hybridized carbons (Fsp3) is 0.600. The summed E-state index contributed by atoms with van der Waals surface area (Å²) in [6.45, 7) is 22.5. The summed E-state index contributed by atoms with van der Waals surface area (Å²) >= 11 is 28.8. The number of ether oxygens (including phenoxy) is 8. The van der Waals surface area contributed by atoms with Crippen molar-refractivity contribution in [1.82, 2.24) is 0 Å². The number of rotatable bonds is 8. The average molecular weight is 1390 g/mol. The number of carbonyl (C=O) groups is 8. The summed E-state index contributed by atoms with van der Waals surface area (Å²) < 4.78 is 46.9. The predicted octanol–water partition coefficient (Wildman–Crippen LogP) is 15.0. The van der Waals surface area contributed by atoms with Gasteiger partial charge in [-0.1, -0.05) is 198 Å². The number of hydrogen-bond donors (Lipinski definition) is 0. The van der Waals surface area contributed by atoms with Crippen LogP contribution in [-0.4, -0.2) is 91.0 Å². The molecule has 14 rings (SSSR count). The Hall–Kier alpha value is -5.10. The average Bonchev–Trinajstić information content (AvgIpc) is 1.54. The number of alkyl halides is 6. The zero-order chi connectivity index (χ0) is 67.3. The molecule has 4 aromatic rings. The number of fused-ring (bicyclic) bond motifs is 14. The standard InChI is InChI=1S/2C34H38O8.2CHCl3/c2*1-29(2)31(5)15-17-33(29,41-25(31)35)27(37)39-23-14-13-21-20-10-8-7-9-19(20)11-12-22(21)24(23)40-28(38)34-18-16-32(6,26(36)42-34)30(34,3)4;2*2-1(3)4/h2*7-12,23-24H,13-18H2,1-6H3;2*1H/t2*23-,24+,31+,32+,33-,34-;;/m11../s1. The quantitative estimate of drug-likeness (QED) is 0.0912. The SMILES string of the molecule is CC1(C)[C@@]2(C)CC[C@]1(C(=O)O[C@@H]1CCc3c(ccc4ccccc34)[C@@H]1OC(=O)[C@@]13CC[C@@](C)(C(=O)O1)C3(C)C)OC2=O.CC1(C)[C@@]2(C)CC[C@]1(C(=O)O[C@@H]1CCc3c(ccc4ccccc34)[C@@H]1OC(=O)[C@@]13CC[C@@](C)(C(=O)O1)C3(C)C)OC2=O.ClC(Cl)Cl.ClC(Cl)Cl. The molecule has 16 nitrogen and oxygen atoms in total. The summed E-state index contributed by atoms with van der Waals surface area (Å²) in [6.07, 6.45) is 2.22. The molecule has 0 aromatic heterocycles. The first kappa shape index (κ1) is 68.3. The molecule has 22 heteroatoms. The molecule has 10 aliphatic rings. The predicted molar refractivity (Wildman–Crippen MR) is 344 cm³/mol. The van der Waals surface area contributed by atoms with Crippen LogP contribution < -0.4 is 0 Å². The molecule has 496 valence electrons. The molecule has 0 amide bonds. The van der Waals surface area contributed by atoms with Crippen LogP contribution in [0.1, 0.15) is 182 Å². The molecule has 0 N–H and O–H groups in total. The van der Waals surface area contributed by atoms with Crippen molar-refractivity contribution < 1.29 is 76.3 Å². The summed E-state index contributed by atoms with van der Waals surface area (Å²) in [5.74, 6) is -3.97. The van der Waals surface area contributed by atoms with Gasteiger partial charge in [0.15, 0.2) is 20.8 Å². The highest BCUT2D eigenvalue weighted by Gasteiger charge is 2.80. The maximum Gasteiger partial charge on any atom is 0.351 e. The molecule has 8 bridgehead atoms. The minimum absolute atomic E-state index is 0.370. The second-order valence-electron chi connectivity index (χ2n) is 29.5. The van der Waals surface area contributed by atoms with Gasteiger partial charge in [0, 0.05) is 32.8 Å². The van der Waals surface area contributed by atoms with Crippen LogP contribution in [0, 0.1) is 43.3 Å². The minimum atomic E-state index is -1.42. The summed E-state index contributed by atoms with van der Waals surface area (Å²) in [6, 6.07) is 23.9. The third-order valence-electron chi connectivity index (χ3n) is 25.4. The fourth-order valence-corrected chi connectivity index (χ4v) is 17.3. The van der Waals surface area contributed by atoms with Crippen LogP contribution in [0.5, 0.6) is 0 Å². The lowest BCUT2D eigenvalue weighted by molar-refractivity contribution is -0.203. The van der Waals surface area contributed by atoms with Gasteiger partial charge in [-0.3, -0.25) is 19.2 Å². The van der Waals surface area contributed by atoms with Crippen LogP contribution in [0.15, 0.2) is 72.8 Å². The van der Waals surface area contributed by atoms with Crippen molar-refractivity contribution in [2.24, 2.45) is 43.3 Å². The van der Waals surface area contributed by atoms with Gasteiger partial charge in [0.25, 0.3) is 0 Å². The van der Waals surface area contributed by atoms with Gasteiger partial charge in [0.2, 0.25) is 22.4 Å². The molecule has 4 saturated carbocycles. The molecule has 4 aliphatic heterocycles. The molecular formula is C70H78Cl6O16. The van der Waals surface area contributed by atoms with E-state index >= 15 is 0 Å². The van der Waals surface area contributed by atoms with Crippen molar-refractivity contribution in [1.29, 1.82) is 0 Å². The molecule has 6 aliphatic carbocycles. The van der Waals surface area contributed by atoms with Crippen LogP contribution in [0.25, 0.3) is 21.5 Å². The van der Waals surface area contributed by atoms with Crippen LogP contribution >= 0.6 is 69.6 Å². The second kappa shape index (κ2) is 22.8. The Kier molecular flexibility index (Phi) is 16.9. The van der Waals surface area contributed by atoms with Gasteiger partial charge < -0.3 is 37.9 Å². The van der Waals surface area contributed by atoms with Gasteiger partial charge in [-0.05, 0) is 137 Å². The smallest absolute Gasteiger partial charge is 0.351 e. The molecule has 92 heavy (non-hydrogen) atoms. The molecule has 8 fully saturated rings. The normalized spacial score (nSPS) is 36.0. The van der Waals surface area contributed by atoms with Gasteiger partial charge in [-0.2, -0.15) is 0 Å². The Labute approximate surface area is 565 Å². The van der Waals surface area contributed by atoms with E-state index in [0.29, 0.717) is 77.0 Å². The van der Waals surface area contributed by atoms with Crippen molar-refractivity contribution in [3.05, 3.63) is 95.1 Å². The zero-order valence-electron chi connectivity index (χ0n) is 53.7. The Morgan fingerprint density at radius 2 is 0.630 bits per heavy atom. The molecule has 12 atom stereocenters. The Morgan fingerprint density at radius 3 is 0.870 bits per heavy atom. The molecule has 4 aromatic carbocycles. The van der Waals surface area contributed by atoms with E-state index in [9.17, 15) is 38.4 Å². The molecule has 4 saturated heterocycles. The molecular weight excluding hydrogens is 1310 g/mol. The van der Waals surface area contributed by atoms with E-state index in [1.807, 2.05) is 156 Å². The third kappa shape index (κ3) is 9.34. The highest BCUT2D eigenvalue weighted by Crippen LogP contribution is 2.70. The number of halogens is 6. The van der Waals surface area contributed by atoms with Crippen molar-refractivity contribution >= 4 is 139 Å². The number of carbonyl (C=O) groups excluding carboxylic acids is 8. The van der Waals surface area contributed by atoms with Crippen molar-refractivity contribution in [3.8, 4) is 0 Å². The first-order chi connectivity index (χ1) is 42.8. The maximum atomic E-state index is 14.2. The van der Waals surface area contributed by atoms with Crippen LogP contribution in [0.3, 0.4) is 0 Å². The van der Waals surface area contributed by atoms with Gasteiger partial charge in [0.05, 0.1) is 21.7 Å². The number of hydrogen-bond acceptors (Lipinski definition) is 16. The van der Waals surface area contributed by atoms with Crippen molar-refractivity contribution in [2.75, 3.05) is 0 Å². The molecule has 0 radical (unpaired) electrons. The topological polar surface area (TPSA) is 210 Å². The number of aryl methyl sites for hydroxylation is 2. The highest BCUT2D eigenvalue weighted by atomic mass is 35.6. The van der Waals surface area contributed by atoms with Gasteiger partial charge in [0.1, 0.15) is 12.2 Å². The maximum absolute atomic E-state index is 14.2. The van der Waals surface area contributed by atoms with Crippen LogP contribution in [-0.2, 0) is 89.1 Å². The summed E-state index contributed by atoms with van der Waals surface area (Å²) in [5.41, 5.74) is -8.25. The monoisotopic (exact) mass is 1380 g/mol. The number of benzene rings is 4. The highest BCUT2D eigenvalue weighted by molar-refractivity contribution is 6.63. The first-order valence-corrected chi connectivity index (χ1v) is 34.0. The molecule has 4 heterocycles. The van der Waals surface area contributed by atoms with E-state index in [4.69, 9.17) is 108 Å². The van der Waals surface area contributed by atoms with Gasteiger partial charge in [-0.25, -0.2) is 19.2 Å². The minimum Gasteiger partial charge on any atom is -0.455 e. The zero-order valence-corrected chi connectivity index (χ0v) is 58.2. The summed E-state index contributed by atoms with van der Waals surface area (Å²) in [5, 5.41) is 4.24. The van der Waals surface area contributed by atoms with E-state index in [-0.39, 0.29) is 23.9 Å². The lowest BCUT2D eigenvalue weighted by atomic mass is 9.66. The van der Waals surface area contributed by atoms with Crippen LogP contribution in [0.2, 0.25) is 0 Å². The Bertz CT molecular complexity index is 3540. The second-order valence-corrected chi connectivity index (χ2v) is 33.5. The van der Waals surface area contributed by atoms with E-state index in [0.717, 1.165) is 43.8 Å². The van der Waals surface area contributed by atoms with Crippen molar-refractivity contribution in [3.63, 3.8) is 0 Å². The van der Waals surface area contributed by atoms with Gasteiger partial charge in [-0.15, -0.1) is 0 Å². The molecule has 0 unspecified atom stereocenters. The number of esters is 8. The largest absolute Gasteiger partial charge is 0.455 e. The lowest BCUT2D eigenvalue weighted by Gasteiger charge is -2.40. The first-order valence-electron chi connectivity index (χ1n) is 31.4. The Morgan fingerprint density at radius 1 is 0.380 bits per heavy atom. The van der Waals surface area contributed by atoms with Gasteiger partial charge >= 0.3 is 47.8 Å². The summed E-state index contributed by atoms with van der Waals surface area (Å²) in [4.78, 5) is 108. The van der Waals surface area contributed by atoms with E-state index < -0.39 is 123 Å². The van der Waals surface area contributed by atoms with E-state index in [1.54, 1.807) is 0 Å². The van der Waals surface area contributed by atoms with E-state index in [2.05, 4.69) is 0 Å². The fourth-order valence-electron chi connectivity index (χ4n) is 17.3. The summed E-state index contributed by atoms with van der Waals surface area (Å²) in [7, 11) is 0. The van der Waals surface area contributed by atoms with Crippen molar-refractivity contribution in [2.45, 2.75) is 216 Å². The van der Waals surface area contributed by atoms with Crippen LogP contribution in [0.4, 0.5) is 0 Å². The molecule has 0 spiro atoms. The Balaban J connectivity index is 0.000000169. The third-order valence-corrected chi connectivity index (χ3v) is 25.4.